The minimum atomic E-state index is -0.252. The lowest BCUT2D eigenvalue weighted by Gasteiger charge is -2.05. The Bertz CT molecular complexity index is 1440. The highest BCUT2D eigenvalue weighted by Gasteiger charge is 2.06. The van der Waals surface area contributed by atoms with Crippen molar-refractivity contribution in [2.75, 3.05) is 0 Å². The van der Waals surface area contributed by atoms with E-state index in [0.717, 1.165) is 41.3 Å². The second-order valence-corrected chi connectivity index (χ2v) is 9.67. The molecule has 4 rings (SSSR count). The first-order valence-corrected chi connectivity index (χ1v) is 13.6. The summed E-state index contributed by atoms with van der Waals surface area (Å²) in [6.45, 7) is 4.40. The Morgan fingerprint density at radius 2 is 1.14 bits per heavy atom. The molecule has 1 heteroatoms. The summed E-state index contributed by atoms with van der Waals surface area (Å²) in [7, 11) is 0. The lowest BCUT2D eigenvalue weighted by molar-refractivity contribution is 0.632. The normalized spacial score (nSPS) is 10.5. The molecule has 0 nitrogen and oxygen atoms in total. The first-order chi connectivity index (χ1) is 18.2. The fourth-order valence-electron chi connectivity index (χ4n) is 4.49. The number of benzene rings is 4. The van der Waals surface area contributed by atoms with E-state index in [2.05, 4.69) is 67.9 Å². The lowest BCUT2D eigenvalue weighted by Crippen LogP contribution is -1.89. The predicted molar refractivity (Wildman–Crippen MR) is 155 cm³/mol. The molecule has 186 valence electrons. The van der Waals surface area contributed by atoms with Gasteiger partial charge in [-0.25, -0.2) is 4.39 Å². The van der Waals surface area contributed by atoms with Gasteiger partial charge in [0.05, 0.1) is 5.56 Å². The van der Waals surface area contributed by atoms with Crippen LogP contribution in [0.5, 0.6) is 0 Å². The second-order valence-electron chi connectivity index (χ2n) is 9.67. The van der Waals surface area contributed by atoms with E-state index < -0.39 is 0 Å². The van der Waals surface area contributed by atoms with Crippen molar-refractivity contribution in [2.24, 2.45) is 0 Å². The third-order valence-electron chi connectivity index (χ3n) is 6.66. The standard InChI is InChI=1S/C36H35F/c1-3-5-6-7-8-10-28-11-13-29(14-12-28)15-16-30-17-19-31(20-18-30)21-23-33-24-25-34-27-32(9-4-2)22-26-35(34)36(33)37/h11-14,17-20,22,24-27H,3-10H2,1-2H3. The van der Waals surface area contributed by atoms with Gasteiger partial charge in [-0.15, -0.1) is 0 Å². The number of hydrogen-bond acceptors (Lipinski definition) is 0. The van der Waals surface area contributed by atoms with Crippen LogP contribution < -0.4 is 0 Å². The van der Waals surface area contributed by atoms with E-state index in [0.29, 0.717) is 10.9 Å². The second kappa shape index (κ2) is 13.5. The van der Waals surface area contributed by atoms with E-state index in [4.69, 9.17) is 0 Å². The minimum absolute atomic E-state index is 0.252. The molecule has 0 saturated carbocycles. The quantitative estimate of drug-likeness (QED) is 0.172. The molecule has 0 N–H and O–H groups in total. The van der Waals surface area contributed by atoms with Gasteiger partial charge in [0.1, 0.15) is 5.82 Å². The molecule has 0 spiro atoms. The summed E-state index contributed by atoms with van der Waals surface area (Å²) in [6.07, 6.45) is 9.76. The molecule has 37 heavy (non-hydrogen) atoms. The fraction of sp³-hybridized carbons (Fsp3) is 0.278. The van der Waals surface area contributed by atoms with Crippen LogP contribution in [-0.4, -0.2) is 0 Å². The molecule has 0 unspecified atom stereocenters. The largest absolute Gasteiger partial charge is 0.205 e. The molecule has 0 aliphatic rings. The molecule has 4 aromatic carbocycles. The average Bonchev–Trinajstić information content (AvgIpc) is 2.93. The molecule has 0 fully saturated rings. The molecule has 0 atom stereocenters. The number of rotatable bonds is 8. The highest BCUT2D eigenvalue weighted by molar-refractivity contribution is 5.85. The van der Waals surface area contributed by atoms with Crippen molar-refractivity contribution in [3.05, 3.63) is 118 Å². The van der Waals surface area contributed by atoms with Crippen molar-refractivity contribution in [3.8, 4) is 23.7 Å². The van der Waals surface area contributed by atoms with E-state index in [-0.39, 0.29) is 5.82 Å². The van der Waals surface area contributed by atoms with Crippen LogP contribution in [0.1, 0.15) is 85.8 Å². The van der Waals surface area contributed by atoms with Gasteiger partial charge in [0.2, 0.25) is 0 Å². The van der Waals surface area contributed by atoms with Crippen LogP contribution in [0.3, 0.4) is 0 Å². The van der Waals surface area contributed by atoms with Gasteiger partial charge in [-0.3, -0.25) is 0 Å². The Morgan fingerprint density at radius 1 is 0.541 bits per heavy atom. The van der Waals surface area contributed by atoms with E-state index in [1.165, 1.54) is 43.2 Å². The van der Waals surface area contributed by atoms with Crippen molar-refractivity contribution in [3.63, 3.8) is 0 Å². The fourth-order valence-corrected chi connectivity index (χ4v) is 4.49. The van der Waals surface area contributed by atoms with Gasteiger partial charge in [-0.2, -0.15) is 0 Å². The molecule has 4 aromatic rings. The highest BCUT2D eigenvalue weighted by Crippen LogP contribution is 2.23. The SMILES string of the molecule is CCCCCCCc1ccc(C#Cc2ccc(C#Cc3ccc4cc(CCC)ccc4c3F)cc2)cc1. The molecule has 0 amide bonds. The van der Waals surface area contributed by atoms with E-state index in [1.54, 1.807) is 6.07 Å². The molecule has 0 aromatic heterocycles. The molecule has 0 saturated heterocycles. The smallest absolute Gasteiger partial charge is 0.146 e. The van der Waals surface area contributed by atoms with E-state index >= 15 is 4.39 Å². The third-order valence-corrected chi connectivity index (χ3v) is 6.66. The van der Waals surface area contributed by atoms with Crippen molar-refractivity contribution in [2.45, 2.75) is 65.2 Å². The minimum Gasteiger partial charge on any atom is -0.205 e. The summed E-state index contributed by atoms with van der Waals surface area (Å²) in [5.74, 6) is 12.3. The Kier molecular flexibility index (Phi) is 9.57. The van der Waals surface area contributed by atoms with Crippen LogP contribution in [0.2, 0.25) is 0 Å². The van der Waals surface area contributed by atoms with Gasteiger partial charge in [0, 0.05) is 22.1 Å². The predicted octanol–water partition coefficient (Wildman–Crippen LogP) is 9.24. The Labute approximate surface area is 222 Å². The molecule has 0 aliphatic heterocycles. The average molecular weight is 487 g/mol. The summed E-state index contributed by atoms with van der Waals surface area (Å²) in [5, 5.41) is 1.55. The van der Waals surface area contributed by atoms with Gasteiger partial charge in [0.25, 0.3) is 0 Å². The van der Waals surface area contributed by atoms with Gasteiger partial charge >= 0.3 is 0 Å². The molecular weight excluding hydrogens is 451 g/mol. The monoisotopic (exact) mass is 486 g/mol. The molecular formula is C36H35F. The van der Waals surface area contributed by atoms with E-state index in [9.17, 15) is 0 Å². The number of halogens is 1. The van der Waals surface area contributed by atoms with Gasteiger partial charge in [-0.05, 0) is 78.2 Å². The van der Waals surface area contributed by atoms with Crippen LogP contribution in [0, 0.1) is 29.5 Å². The maximum atomic E-state index is 15.0. The van der Waals surface area contributed by atoms with Gasteiger partial charge in [0.15, 0.2) is 0 Å². The zero-order valence-electron chi connectivity index (χ0n) is 22.0. The topological polar surface area (TPSA) is 0 Å². The van der Waals surface area contributed by atoms with E-state index in [1.807, 2.05) is 42.5 Å². The van der Waals surface area contributed by atoms with Crippen molar-refractivity contribution in [1.29, 1.82) is 0 Å². The van der Waals surface area contributed by atoms with Crippen molar-refractivity contribution in [1.82, 2.24) is 0 Å². The van der Waals surface area contributed by atoms with Gasteiger partial charge < -0.3 is 0 Å². The number of hydrogen-bond donors (Lipinski definition) is 0. The maximum absolute atomic E-state index is 15.0. The Hall–Kier alpha value is -3.81. The molecule has 0 bridgehead atoms. The maximum Gasteiger partial charge on any atom is 0.146 e. The van der Waals surface area contributed by atoms with Crippen LogP contribution in [-0.2, 0) is 12.8 Å². The number of unbranched alkanes of at least 4 members (excludes halogenated alkanes) is 4. The van der Waals surface area contributed by atoms with Gasteiger partial charge in [-0.1, -0.05) is 106 Å². The van der Waals surface area contributed by atoms with Crippen molar-refractivity contribution >= 4 is 10.8 Å². The van der Waals surface area contributed by atoms with Crippen LogP contribution >= 0.6 is 0 Å². The third kappa shape index (κ3) is 7.59. The van der Waals surface area contributed by atoms with Crippen LogP contribution in [0.4, 0.5) is 4.39 Å². The summed E-state index contributed by atoms with van der Waals surface area (Å²) in [6, 6.07) is 26.1. The van der Waals surface area contributed by atoms with Crippen LogP contribution in [0.25, 0.3) is 10.8 Å². The Morgan fingerprint density at radius 3 is 1.78 bits per heavy atom. The first-order valence-electron chi connectivity index (χ1n) is 13.6. The summed E-state index contributed by atoms with van der Waals surface area (Å²) in [5.41, 5.74) is 5.84. The lowest BCUT2D eigenvalue weighted by atomic mass is 10.0. The number of aryl methyl sites for hydroxylation is 2. The molecule has 0 heterocycles. The van der Waals surface area contributed by atoms with Crippen molar-refractivity contribution < 1.29 is 4.39 Å². The molecule has 0 radical (unpaired) electrons. The summed E-state index contributed by atoms with van der Waals surface area (Å²) < 4.78 is 15.0. The Balaban J connectivity index is 1.38. The van der Waals surface area contributed by atoms with Crippen LogP contribution in [0.15, 0.2) is 78.9 Å². The first kappa shape index (κ1) is 26.3. The zero-order chi connectivity index (χ0) is 25.9. The molecule has 0 aliphatic carbocycles. The number of fused-ring (bicyclic) bond motifs is 1. The zero-order valence-corrected chi connectivity index (χ0v) is 22.0. The summed E-state index contributed by atoms with van der Waals surface area (Å²) in [4.78, 5) is 0. The summed E-state index contributed by atoms with van der Waals surface area (Å²) >= 11 is 0. The highest BCUT2D eigenvalue weighted by atomic mass is 19.1.